The number of rotatable bonds is 3. The summed E-state index contributed by atoms with van der Waals surface area (Å²) in [5, 5.41) is 3.27. The van der Waals surface area contributed by atoms with Crippen molar-refractivity contribution in [3.8, 4) is 0 Å². The summed E-state index contributed by atoms with van der Waals surface area (Å²) in [6.45, 7) is 4.88. The first-order valence-electron chi connectivity index (χ1n) is 5.32. The van der Waals surface area contributed by atoms with E-state index in [0.717, 1.165) is 26.1 Å². The van der Waals surface area contributed by atoms with Gasteiger partial charge in [0.2, 0.25) is 0 Å². The molecule has 0 bridgehead atoms. The third-order valence-corrected chi connectivity index (χ3v) is 2.86. The predicted molar refractivity (Wildman–Crippen MR) is 50.8 cm³/mol. The van der Waals surface area contributed by atoms with Crippen LogP contribution in [0.2, 0.25) is 0 Å². The fourth-order valence-electron chi connectivity index (χ4n) is 2.01. The molecule has 2 aliphatic rings. The quantitative estimate of drug-likeness (QED) is 0.658. The van der Waals surface area contributed by atoms with Crippen molar-refractivity contribution in [1.29, 1.82) is 0 Å². The number of hydrogen-bond donors (Lipinski definition) is 1. The van der Waals surface area contributed by atoms with Crippen LogP contribution >= 0.6 is 0 Å². The van der Waals surface area contributed by atoms with Gasteiger partial charge in [-0.15, -0.1) is 0 Å². The Hall–Kier alpha value is -0.610. The van der Waals surface area contributed by atoms with Gasteiger partial charge in [0.25, 0.3) is 0 Å². The number of carbonyl (C=O) groups is 1. The predicted octanol–water partition coefficient (Wildman–Crippen LogP) is 0.174. The number of ether oxygens (including phenoxy) is 2. The molecule has 1 saturated heterocycles. The van der Waals surface area contributed by atoms with Crippen LogP contribution < -0.4 is 5.32 Å². The Morgan fingerprint density at radius 1 is 1.64 bits per heavy atom. The lowest BCUT2D eigenvalue weighted by molar-refractivity contribution is -0.145. The molecule has 3 atom stereocenters. The maximum Gasteiger partial charge on any atom is 0.309 e. The zero-order valence-electron chi connectivity index (χ0n) is 8.49. The molecule has 2 fully saturated rings. The SMILES string of the molecule is CCOC(=O)C1CC1[C@@H]1CNCCO1. The molecule has 0 amide bonds. The van der Waals surface area contributed by atoms with Crippen molar-refractivity contribution in [3.63, 3.8) is 0 Å². The van der Waals surface area contributed by atoms with Gasteiger partial charge >= 0.3 is 5.97 Å². The molecule has 4 heteroatoms. The summed E-state index contributed by atoms with van der Waals surface area (Å²) in [4.78, 5) is 11.4. The van der Waals surface area contributed by atoms with E-state index in [1.807, 2.05) is 6.92 Å². The second kappa shape index (κ2) is 4.28. The molecule has 0 aromatic rings. The van der Waals surface area contributed by atoms with Crippen LogP contribution in [0.15, 0.2) is 0 Å². The Morgan fingerprint density at radius 2 is 2.50 bits per heavy atom. The maximum atomic E-state index is 11.4. The van der Waals surface area contributed by atoms with Crippen LogP contribution in [0.5, 0.6) is 0 Å². The molecular formula is C10H17NO3. The first-order valence-corrected chi connectivity index (χ1v) is 5.32. The molecule has 1 aliphatic carbocycles. The molecule has 14 heavy (non-hydrogen) atoms. The summed E-state index contributed by atoms with van der Waals surface area (Å²) in [7, 11) is 0. The van der Waals surface area contributed by atoms with E-state index in [-0.39, 0.29) is 18.0 Å². The van der Waals surface area contributed by atoms with Crippen molar-refractivity contribution < 1.29 is 14.3 Å². The van der Waals surface area contributed by atoms with Crippen LogP contribution in [-0.4, -0.2) is 38.4 Å². The number of hydrogen-bond acceptors (Lipinski definition) is 4. The second-order valence-electron chi connectivity index (χ2n) is 3.87. The van der Waals surface area contributed by atoms with Crippen molar-refractivity contribution in [3.05, 3.63) is 0 Å². The topological polar surface area (TPSA) is 47.6 Å². The summed E-state index contributed by atoms with van der Waals surface area (Å²) in [5.74, 6) is 0.438. The molecule has 80 valence electrons. The van der Waals surface area contributed by atoms with E-state index in [0.29, 0.717) is 12.5 Å². The number of nitrogens with one attached hydrogen (secondary N) is 1. The number of esters is 1. The van der Waals surface area contributed by atoms with E-state index in [4.69, 9.17) is 9.47 Å². The molecule has 0 radical (unpaired) electrons. The van der Waals surface area contributed by atoms with Crippen molar-refractivity contribution in [2.24, 2.45) is 11.8 Å². The minimum absolute atomic E-state index is 0.0494. The molecule has 4 nitrogen and oxygen atoms in total. The highest BCUT2D eigenvalue weighted by atomic mass is 16.5. The fourth-order valence-corrected chi connectivity index (χ4v) is 2.01. The van der Waals surface area contributed by atoms with Gasteiger partial charge in [0.05, 0.1) is 25.2 Å². The lowest BCUT2D eigenvalue weighted by Gasteiger charge is -2.23. The highest BCUT2D eigenvalue weighted by molar-refractivity contribution is 5.75. The molecule has 1 heterocycles. The summed E-state index contributed by atoms with van der Waals surface area (Å²) in [6.07, 6.45) is 1.16. The van der Waals surface area contributed by atoms with Gasteiger partial charge in [-0.2, -0.15) is 0 Å². The molecule has 1 aliphatic heterocycles. The lowest BCUT2D eigenvalue weighted by Crippen LogP contribution is -2.40. The van der Waals surface area contributed by atoms with Crippen LogP contribution in [0.1, 0.15) is 13.3 Å². The van der Waals surface area contributed by atoms with Crippen molar-refractivity contribution in [2.75, 3.05) is 26.3 Å². The van der Waals surface area contributed by atoms with Gasteiger partial charge in [0.15, 0.2) is 0 Å². The van der Waals surface area contributed by atoms with Gasteiger partial charge in [0, 0.05) is 19.0 Å². The summed E-state index contributed by atoms with van der Waals surface area (Å²) in [5.41, 5.74) is 0. The minimum atomic E-state index is -0.0494. The molecular weight excluding hydrogens is 182 g/mol. The van der Waals surface area contributed by atoms with Gasteiger partial charge in [-0.25, -0.2) is 0 Å². The first-order chi connectivity index (χ1) is 6.83. The first kappa shape index (κ1) is 9.93. The van der Waals surface area contributed by atoms with Crippen LogP contribution in [0.4, 0.5) is 0 Å². The van der Waals surface area contributed by atoms with Crippen molar-refractivity contribution in [2.45, 2.75) is 19.4 Å². The Kier molecular flexibility index (Phi) is 3.03. The molecule has 2 rings (SSSR count). The average Bonchev–Trinajstić information content (AvgIpc) is 2.99. The van der Waals surface area contributed by atoms with Crippen molar-refractivity contribution in [1.82, 2.24) is 5.32 Å². The van der Waals surface area contributed by atoms with E-state index >= 15 is 0 Å². The maximum absolute atomic E-state index is 11.4. The largest absolute Gasteiger partial charge is 0.466 e. The highest BCUT2D eigenvalue weighted by Crippen LogP contribution is 2.43. The Morgan fingerprint density at radius 3 is 3.14 bits per heavy atom. The molecule has 0 aromatic heterocycles. The van der Waals surface area contributed by atoms with Crippen LogP contribution in [0.3, 0.4) is 0 Å². The van der Waals surface area contributed by atoms with E-state index in [1.54, 1.807) is 0 Å². The van der Waals surface area contributed by atoms with Crippen LogP contribution in [-0.2, 0) is 14.3 Å². The van der Waals surface area contributed by atoms with E-state index in [9.17, 15) is 4.79 Å². The molecule has 1 N–H and O–H groups in total. The zero-order valence-corrected chi connectivity index (χ0v) is 8.49. The Labute approximate surface area is 84.0 Å². The third-order valence-electron chi connectivity index (χ3n) is 2.86. The highest BCUT2D eigenvalue weighted by Gasteiger charge is 2.49. The number of carbonyl (C=O) groups excluding carboxylic acids is 1. The molecule has 2 unspecified atom stereocenters. The van der Waals surface area contributed by atoms with Crippen LogP contribution in [0, 0.1) is 11.8 Å². The second-order valence-corrected chi connectivity index (χ2v) is 3.87. The summed E-state index contributed by atoms with van der Waals surface area (Å²) in [6, 6.07) is 0. The number of morpholine rings is 1. The summed E-state index contributed by atoms with van der Waals surface area (Å²) < 4.78 is 10.6. The van der Waals surface area contributed by atoms with Crippen LogP contribution in [0.25, 0.3) is 0 Å². The Balaban J connectivity index is 1.77. The van der Waals surface area contributed by atoms with Gasteiger partial charge in [-0.3, -0.25) is 4.79 Å². The average molecular weight is 199 g/mol. The van der Waals surface area contributed by atoms with Gasteiger partial charge < -0.3 is 14.8 Å². The monoisotopic (exact) mass is 199 g/mol. The zero-order chi connectivity index (χ0) is 9.97. The fraction of sp³-hybridized carbons (Fsp3) is 0.900. The van der Waals surface area contributed by atoms with E-state index in [1.165, 1.54) is 0 Å². The summed E-state index contributed by atoms with van der Waals surface area (Å²) >= 11 is 0. The third kappa shape index (κ3) is 2.07. The lowest BCUT2D eigenvalue weighted by atomic mass is 10.1. The van der Waals surface area contributed by atoms with Gasteiger partial charge in [-0.05, 0) is 13.3 Å². The normalized spacial score (nSPS) is 36.5. The van der Waals surface area contributed by atoms with Gasteiger partial charge in [0.1, 0.15) is 0 Å². The van der Waals surface area contributed by atoms with Gasteiger partial charge in [-0.1, -0.05) is 0 Å². The molecule has 0 aromatic carbocycles. The minimum Gasteiger partial charge on any atom is -0.466 e. The van der Waals surface area contributed by atoms with E-state index < -0.39 is 0 Å². The molecule has 1 saturated carbocycles. The van der Waals surface area contributed by atoms with E-state index in [2.05, 4.69) is 5.32 Å². The standard InChI is InChI=1S/C10H17NO3/c1-2-13-10(12)8-5-7(8)9-6-11-3-4-14-9/h7-9,11H,2-6H2,1H3/t7?,8?,9-/m0/s1. The van der Waals surface area contributed by atoms with Crippen molar-refractivity contribution >= 4 is 5.97 Å². The molecule has 0 spiro atoms. The Bertz CT molecular complexity index is 213. The smallest absolute Gasteiger partial charge is 0.309 e.